The minimum atomic E-state index is -0.592. The summed E-state index contributed by atoms with van der Waals surface area (Å²) in [4.78, 5) is 33.5. The van der Waals surface area contributed by atoms with Gasteiger partial charge in [-0.2, -0.15) is 0 Å². The number of allylic oxidation sites excluding steroid dienone is 2. The van der Waals surface area contributed by atoms with Crippen LogP contribution in [-0.4, -0.2) is 37.7 Å². The molecule has 3 atom stereocenters. The summed E-state index contributed by atoms with van der Waals surface area (Å²) in [5, 5.41) is 0. The van der Waals surface area contributed by atoms with Crippen molar-refractivity contribution < 1.29 is 14.3 Å². The smallest absolute Gasteiger partial charge is 0.315 e. The van der Waals surface area contributed by atoms with Crippen LogP contribution in [0.5, 0.6) is 0 Å². The summed E-state index contributed by atoms with van der Waals surface area (Å²) < 4.78 is 5.15. The van der Waals surface area contributed by atoms with Gasteiger partial charge in [0.25, 0.3) is 0 Å². The summed E-state index contributed by atoms with van der Waals surface area (Å²) in [6.07, 6.45) is 1.13. The lowest BCUT2D eigenvalue weighted by atomic mass is 9.69. The van der Waals surface area contributed by atoms with Crippen molar-refractivity contribution in [3.8, 4) is 0 Å². The maximum absolute atomic E-state index is 13.5. The van der Waals surface area contributed by atoms with Crippen molar-refractivity contribution in [2.24, 2.45) is 10.9 Å². The van der Waals surface area contributed by atoms with Gasteiger partial charge in [-0.3, -0.25) is 14.6 Å². The molecule has 2 aromatic rings. The highest BCUT2D eigenvalue weighted by atomic mass is 16.5. The molecular formula is C28H32N2O3. The Labute approximate surface area is 196 Å². The fourth-order valence-corrected chi connectivity index (χ4v) is 5.29. The Bertz CT molecular complexity index is 1080. The van der Waals surface area contributed by atoms with E-state index in [-0.39, 0.29) is 23.6 Å². The zero-order chi connectivity index (χ0) is 23.5. The first-order valence-corrected chi connectivity index (χ1v) is 11.8. The summed E-state index contributed by atoms with van der Waals surface area (Å²) in [5.41, 5.74) is 5.44. The van der Waals surface area contributed by atoms with E-state index in [9.17, 15) is 9.59 Å². The van der Waals surface area contributed by atoms with Crippen LogP contribution in [0, 0.1) is 5.92 Å². The van der Waals surface area contributed by atoms with Crippen molar-refractivity contribution in [3.05, 3.63) is 77.0 Å². The predicted octanol–water partition coefficient (Wildman–Crippen LogP) is 5.28. The van der Waals surface area contributed by atoms with E-state index in [0.717, 1.165) is 35.6 Å². The van der Waals surface area contributed by atoms with Crippen LogP contribution in [-0.2, 0) is 14.3 Å². The lowest BCUT2D eigenvalue weighted by Gasteiger charge is -2.36. The number of rotatable bonds is 6. The Hall–Kier alpha value is -3.21. The van der Waals surface area contributed by atoms with Gasteiger partial charge in [-0.05, 0) is 56.4 Å². The van der Waals surface area contributed by atoms with Crippen LogP contribution in [0.2, 0.25) is 0 Å². The molecule has 172 valence electrons. The molecule has 0 saturated carbocycles. The van der Waals surface area contributed by atoms with Gasteiger partial charge in [-0.15, -0.1) is 0 Å². The second-order valence-corrected chi connectivity index (χ2v) is 8.79. The number of hydrogen-bond donors (Lipinski definition) is 0. The number of methoxy groups -OCH3 is 1. The second-order valence-electron chi connectivity index (χ2n) is 8.79. The zero-order valence-corrected chi connectivity index (χ0v) is 19.9. The monoisotopic (exact) mass is 444 g/mol. The molecule has 0 fully saturated rings. The molecule has 0 amide bonds. The summed E-state index contributed by atoms with van der Waals surface area (Å²) in [6.45, 7) is 7.98. The molecule has 5 heteroatoms. The Balaban J connectivity index is 1.77. The molecule has 0 radical (unpaired) electrons. The third-order valence-electron chi connectivity index (χ3n) is 7.00. The van der Waals surface area contributed by atoms with E-state index in [1.807, 2.05) is 37.3 Å². The highest BCUT2D eigenvalue weighted by molar-refractivity contribution is 6.09. The minimum absolute atomic E-state index is 0.0769. The van der Waals surface area contributed by atoms with Crippen LogP contribution in [0.3, 0.4) is 0 Å². The fourth-order valence-electron chi connectivity index (χ4n) is 5.29. The number of benzene rings is 2. The number of ether oxygens (including phenoxy) is 1. The minimum Gasteiger partial charge on any atom is -0.468 e. The highest BCUT2D eigenvalue weighted by Crippen LogP contribution is 2.47. The molecule has 0 bridgehead atoms. The topological polar surface area (TPSA) is 59.0 Å². The number of hydrogen-bond acceptors (Lipinski definition) is 5. The zero-order valence-electron chi connectivity index (χ0n) is 19.9. The molecule has 2 aromatic carbocycles. The maximum atomic E-state index is 13.5. The molecule has 1 aliphatic heterocycles. The lowest BCUT2D eigenvalue weighted by molar-refractivity contribution is -0.143. The van der Waals surface area contributed by atoms with Gasteiger partial charge >= 0.3 is 5.97 Å². The SMILES string of the molecule is CCN(CC)c1ccc(C2C3=C(CC(c4ccccc4)CC3=O)N=C(C)C2C(=O)OC)cc1. The van der Waals surface area contributed by atoms with Crippen LogP contribution in [0.25, 0.3) is 0 Å². The van der Waals surface area contributed by atoms with E-state index in [1.165, 1.54) is 7.11 Å². The molecule has 2 aliphatic rings. The molecule has 4 rings (SSSR count). The largest absolute Gasteiger partial charge is 0.468 e. The third-order valence-corrected chi connectivity index (χ3v) is 7.00. The number of ketones is 1. The molecule has 1 aliphatic carbocycles. The van der Waals surface area contributed by atoms with Gasteiger partial charge in [-0.1, -0.05) is 42.5 Å². The molecule has 0 aromatic heterocycles. The van der Waals surface area contributed by atoms with Crippen LogP contribution in [0.4, 0.5) is 5.69 Å². The van der Waals surface area contributed by atoms with Crippen molar-refractivity contribution >= 4 is 23.2 Å². The fraction of sp³-hybridized carbons (Fsp3) is 0.393. The molecule has 0 saturated heterocycles. The van der Waals surface area contributed by atoms with Crippen LogP contribution >= 0.6 is 0 Å². The Kier molecular flexibility index (Phi) is 6.77. The molecule has 1 heterocycles. The number of carbonyl (C=O) groups excluding carboxylic acids is 2. The number of Topliss-reactive ketones (excluding diaryl/α,β-unsaturated/α-hetero) is 1. The van der Waals surface area contributed by atoms with E-state index < -0.39 is 5.92 Å². The van der Waals surface area contributed by atoms with Gasteiger partial charge in [0.05, 0.1) is 7.11 Å². The van der Waals surface area contributed by atoms with Crippen molar-refractivity contribution in [2.75, 3.05) is 25.1 Å². The van der Waals surface area contributed by atoms with Crippen molar-refractivity contribution in [1.29, 1.82) is 0 Å². The van der Waals surface area contributed by atoms with Crippen molar-refractivity contribution in [3.63, 3.8) is 0 Å². The number of esters is 1. The summed E-state index contributed by atoms with van der Waals surface area (Å²) in [6, 6.07) is 18.4. The number of anilines is 1. The summed E-state index contributed by atoms with van der Waals surface area (Å²) in [7, 11) is 1.40. The van der Waals surface area contributed by atoms with Crippen LogP contribution < -0.4 is 4.90 Å². The summed E-state index contributed by atoms with van der Waals surface area (Å²) in [5.74, 6) is -1.13. The van der Waals surface area contributed by atoms with Gasteiger partial charge in [0.15, 0.2) is 5.78 Å². The molecule has 0 N–H and O–H groups in total. The van der Waals surface area contributed by atoms with E-state index in [1.54, 1.807) is 0 Å². The average Bonchev–Trinajstić information content (AvgIpc) is 2.84. The average molecular weight is 445 g/mol. The molecule has 5 nitrogen and oxygen atoms in total. The molecule has 0 spiro atoms. The first-order valence-electron chi connectivity index (χ1n) is 11.8. The van der Waals surface area contributed by atoms with Crippen molar-refractivity contribution in [2.45, 2.75) is 45.4 Å². The Morgan fingerprint density at radius 2 is 1.67 bits per heavy atom. The maximum Gasteiger partial charge on any atom is 0.315 e. The van der Waals surface area contributed by atoms with Crippen LogP contribution in [0.15, 0.2) is 70.9 Å². The first-order chi connectivity index (χ1) is 16.0. The first kappa shape index (κ1) is 23.0. The van der Waals surface area contributed by atoms with E-state index in [0.29, 0.717) is 24.1 Å². The van der Waals surface area contributed by atoms with Crippen LogP contribution in [0.1, 0.15) is 56.6 Å². The van der Waals surface area contributed by atoms with Gasteiger partial charge in [0, 0.05) is 48.1 Å². The van der Waals surface area contributed by atoms with E-state index >= 15 is 0 Å². The molecule has 3 unspecified atom stereocenters. The van der Waals surface area contributed by atoms with Crippen molar-refractivity contribution in [1.82, 2.24) is 0 Å². The van der Waals surface area contributed by atoms with Gasteiger partial charge in [-0.25, -0.2) is 0 Å². The number of carbonyl (C=O) groups is 2. The quantitative estimate of drug-likeness (QED) is 0.569. The van der Waals surface area contributed by atoms with E-state index in [2.05, 4.69) is 43.0 Å². The van der Waals surface area contributed by atoms with Gasteiger partial charge < -0.3 is 9.64 Å². The standard InChI is InChI=1S/C28H32N2O3/c1-5-30(6-2)22-14-12-20(13-15-22)26-25(28(32)33-4)18(3)29-23-16-21(17-24(31)27(23)26)19-10-8-7-9-11-19/h7-15,21,25-26H,5-6,16-17H2,1-4H3. The number of aliphatic imine (C=N–C) groups is 1. The summed E-state index contributed by atoms with van der Waals surface area (Å²) >= 11 is 0. The molecular weight excluding hydrogens is 412 g/mol. The van der Waals surface area contributed by atoms with Gasteiger partial charge in [0.2, 0.25) is 0 Å². The highest BCUT2D eigenvalue weighted by Gasteiger charge is 2.44. The third kappa shape index (κ3) is 4.37. The normalized spacial score (nSPS) is 22.5. The molecule has 33 heavy (non-hydrogen) atoms. The lowest BCUT2D eigenvalue weighted by Crippen LogP contribution is -2.37. The van der Waals surface area contributed by atoms with E-state index in [4.69, 9.17) is 9.73 Å². The predicted molar refractivity (Wildman–Crippen MR) is 132 cm³/mol. The Morgan fingerprint density at radius 3 is 2.27 bits per heavy atom. The second kappa shape index (κ2) is 9.74. The van der Waals surface area contributed by atoms with Gasteiger partial charge in [0.1, 0.15) is 5.92 Å². The Morgan fingerprint density at radius 1 is 1.00 bits per heavy atom. The number of nitrogens with zero attached hydrogens (tertiary/aromatic N) is 2.